The van der Waals surface area contributed by atoms with Crippen LogP contribution in [0.4, 0.5) is 0 Å². The fraction of sp³-hybridized carbons (Fsp3) is 1.00. The maximum atomic E-state index is 5.58. The van der Waals surface area contributed by atoms with Crippen molar-refractivity contribution in [2.75, 3.05) is 0 Å². The number of epoxide rings is 1. The molecule has 0 aliphatic carbocycles. The molecule has 0 saturated carbocycles. The second-order valence-corrected chi connectivity index (χ2v) is 7.01. The number of hydrogen-bond donors (Lipinski definition) is 0. The molecule has 1 heterocycles. The van der Waals surface area contributed by atoms with Crippen LogP contribution in [-0.2, 0) is 4.74 Å². The molecule has 0 bridgehead atoms. The third kappa shape index (κ3) is 11.2. The van der Waals surface area contributed by atoms with E-state index in [0.717, 1.165) is 0 Å². The number of unbranched alkanes of at least 4 members (excludes halogenated alkanes) is 13. The maximum Gasteiger partial charge on any atom is 0.0841 e. The lowest BCUT2D eigenvalue weighted by molar-refractivity contribution is 0.355. The molecule has 0 radical (unpaired) electrons. The highest BCUT2D eigenvalue weighted by Crippen LogP contribution is 2.29. The number of rotatable bonds is 16. The van der Waals surface area contributed by atoms with Crippen molar-refractivity contribution in [3.8, 4) is 0 Å². The fourth-order valence-electron chi connectivity index (χ4n) is 3.33. The minimum absolute atomic E-state index is 0.618. The zero-order chi connectivity index (χ0) is 15.2. The van der Waals surface area contributed by atoms with Crippen LogP contribution in [0.2, 0.25) is 0 Å². The normalized spacial score (nSPS) is 20.9. The largest absolute Gasteiger partial charge is 0.370 e. The molecule has 1 aliphatic rings. The van der Waals surface area contributed by atoms with E-state index in [1.165, 1.54) is 103 Å². The van der Waals surface area contributed by atoms with Gasteiger partial charge in [-0.2, -0.15) is 0 Å². The Morgan fingerprint density at radius 2 is 0.952 bits per heavy atom. The monoisotopic (exact) mass is 296 g/mol. The van der Waals surface area contributed by atoms with Crippen LogP contribution < -0.4 is 0 Å². The first-order valence-electron chi connectivity index (χ1n) is 10.0. The van der Waals surface area contributed by atoms with Gasteiger partial charge in [0.1, 0.15) is 0 Å². The molecule has 1 saturated heterocycles. The molecule has 1 heteroatoms. The highest BCUT2D eigenvalue weighted by atomic mass is 16.6. The summed E-state index contributed by atoms with van der Waals surface area (Å²) in [6.45, 7) is 4.53. The Kier molecular flexibility index (Phi) is 12.3. The van der Waals surface area contributed by atoms with Crippen molar-refractivity contribution in [1.82, 2.24) is 0 Å². The quantitative estimate of drug-likeness (QED) is 0.220. The lowest BCUT2D eigenvalue weighted by Gasteiger charge is -2.03. The SMILES string of the molecule is CCCCCCCCCCCCCCCCC1OC1CC. The van der Waals surface area contributed by atoms with E-state index in [4.69, 9.17) is 4.74 Å². The third-order valence-corrected chi connectivity index (χ3v) is 4.93. The average molecular weight is 297 g/mol. The van der Waals surface area contributed by atoms with Gasteiger partial charge in [-0.05, 0) is 12.8 Å². The van der Waals surface area contributed by atoms with Gasteiger partial charge in [0.15, 0.2) is 0 Å². The zero-order valence-corrected chi connectivity index (χ0v) is 14.9. The Labute approximate surface area is 134 Å². The van der Waals surface area contributed by atoms with E-state index in [9.17, 15) is 0 Å². The van der Waals surface area contributed by atoms with Crippen LogP contribution in [-0.4, -0.2) is 12.2 Å². The Bertz CT molecular complexity index is 214. The van der Waals surface area contributed by atoms with Gasteiger partial charge in [-0.25, -0.2) is 0 Å². The number of hydrogen-bond acceptors (Lipinski definition) is 1. The summed E-state index contributed by atoms with van der Waals surface area (Å²) in [7, 11) is 0. The predicted molar refractivity (Wildman–Crippen MR) is 93.9 cm³/mol. The Balaban J connectivity index is 1.64. The molecule has 1 aliphatic heterocycles. The molecule has 0 amide bonds. The van der Waals surface area contributed by atoms with Gasteiger partial charge in [0, 0.05) is 0 Å². The lowest BCUT2D eigenvalue weighted by atomic mass is 10.0. The second-order valence-electron chi connectivity index (χ2n) is 7.01. The summed E-state index contributed by atoms with van der Waals surface area (Å²) in [6, 6.07) is 0. The first-order valence-corrected chi connectivity index (χ1v) is 10.0. The van der Waals surface area contributed by atoms with E-state index in [1.54, 1.807) is 0 Å². The molecule has 21 heavy (non-hydrogen) atoms. The third-order valence-electron chi connectivity index (χ3n) is 4.93. The van der Waals surface area contributed by atoms with Crippen LogP contribution in [0, 0.1) is 0 Å². The van der Waals surface area contributed by atoms with Gasteiger partial charge in [-0.3, -0.25) is 0 Å². The fourth-order valence-corrected chi connectivity index (χ4v) is 3.33. The minimum atomic E-state index is 0.618. The van der Waals surface area contributed by atoms with Gasteiger partial charge in [0.2, 0.25) is 0 Å². The average Bonchev–Trinajstić information content (AvgIpc) is 3.26. The van der Waals surface area contributed by atoms with Gasteiger partial charge >= 0.3 is 0 Å². The molecule has 0 aromatic carbocycles. The Morgan fingerprint density at radius 3 is 1.33 bits per heavy atom. The molecule has 1 nitrogen and oxygen atoms in total. The van der Waals surface area contributed by atoms with E-state index in [1.807, 2.05) is 0 Å². The van der Waals surface area contributed by atoms with Crippen LogP contribution in [0.3, 0.4) is 0 Å². The van der Waals surface area contributed by atoms with Crippen molar-refractivity contribution >= 4 is 0 Å². The second kappa shape index (κ2) is 13.6. The van der Waals surface area contributed by atoms with Crippen LogP contribution in [0.25, 0.3) is 0 Å². The number of ether oxygens (including phenoxy) is 1. The van der Waals surface area contributed by atoms with E-state index in [2.05, 4.69) is 13.8 Å². The maximum absolute atomic E-state index is 5.58. The topological polar surface area (TPSA) is 12.5 Å². The van der Waals surface area contributed by atoms with Gasteiger partial charge in [0.05, 0.1) is 12.2 Å². The summed E-state index contributed by atoms with van der Waals surface area (Å²) in [4.78, 5) is 0. The van der Waals surface area contributed by atoms with Gasteiger partial charge in [-0.1, -0.05) is 104 Å². The standard InChI is InChI=1S/C20H40O/c1-3-5-6-7-8-9-10-11-12-13-14-15-16-17-18-20-19(4-2)21-20/h19-20H,3-18H2,1-2H3. The molecule has 0 aromatic heterocycles. The van der Waals surface area contributed by atoms with Gasteiger partial charge < -0.3 is 4.74 Å². The molecule has 0 spiro atoms. The van der Waals surface area contributed by atoms with Crippen molar-refractivity contribution in [2.24, 2.45) is 0 Å². The highest BCUT2D eigenvalue weighted by Gasteiger charge is 2.35. The first kappa shape index (κ1) is 19.0. The Hall–Kier alpha value is -0.0400. The van der Waals surface area contributed by atoms with E-state index < -0.39 is 0 Å². The molecule has 1 rings (SSSR count). The van der Waals surface area contributed by atoms with Gasteiger partial charge in [0.25, 0.3) is 0 Å². The molecule has 126 valence electrons. The summed E-state index contributed by atoms with van der Waals surface area (Å²) in [5.41, 5.74) is 0. The molecule has 2 atom stereocenters. The van der Waals surface area contributed by atoms with E-state index >= 15 is 0 Å². The summed E-state index contributed by atoms with van der Waals surface area (Å²) >= 11 is 0. The first-order chi connectivity index (χ1) is 10.4. The van der Waals surface area contributed by atoms with Crippen LogP contribution >= 0.6 is 0 Å². The van der Waals surface area contributed by atoms with Crippen molar-refractivity contribution in [3.05, 3.63) is 0 Å². The van der Waals surface area contributed by atoms with Crippen molar-refractivity contribution in [1.29, 1.82) is 0 Å². The van der Waals surface area contributed by atoms with Crippen molar-refractivity contribution in [2.45, 2.75) is 129 Å². The Morgan fingerprint density at radius 1 is 0.524 bits per heavy atom. The van der Waals surface area contributed by atoms with E-state index in [0.29, 0.717) is 12.2 Å². The van der Waals surface area contributed by atoms with Crippen LogP contribution in [0.15, 0.2) is 0 Å². The highest BCUT2D eigenvalue weighted by molar-refractivity contribution is 4.82. The summed E-state index contributed by atoms with van der Waals surface area (Å²) < 4.78 is 5.58. The van der Waals surface area contributed by atoms with Crippen LogP contribution in [0.1, 0.15) is 117 Å². The van der Waals surface area contributed by atoms with E-state index in [-0.39, 0.29) is 0 Å². The summed E-state index contributed by atoms with van der Waals surface area (Å²) in [5.74, 6) is 0. The van der Waals surface area contributed by atoms with Crippen molar-refractivity contribution < 1.29 is 4.74 Å². The molecular weight excluding hydrogens is 256 g/mol. The molecule has 0 aromatic rings. The minimum Gasteiger partial charge on any atom is -0.370 e. The molecule has 2 unspecified atom stereocenters. The molecule has 0 N–H and O–H groups in total. The summed E-state index contributed by atoms with van der Waals surface area (Å²) in [6.07, 6.45) is 24.1. The smallest absolute Gasteiger partial charge is 0.0841 e. The predicted octanol–water partition coefficient (Wildman–Crippen LogP) is 7.04. The summed E-state index contributed by atoms with van der Waals surface area (Å²) in [5, 5.41) is 0. The zero-order valence-electron chi connectivity index (χ0n) is 14.9. The molecule has 1 fully saturated rings. The lowest BCUT2D eigenvalue weighted by Crippen LogP contribution is -1.92. The van der Waals surface area contributed by atoms with Crippen LogP contribution in [0.5, 0.6) is 0 Å². The van der Waals surface area contributed by atoms with Crippen molar-refractivity contribution in [3.63, 3.8) is 0 Å². The van der Waals surface area contributed by atoms with Gasteiger partial charge in [-0.15, -0.1) is 0 Å². The molecular formula is C20H40O.